The number of amides is 1. The number of H-pyrrole nitrogens is 1. The summed E-state index contributed by atoms with van der Waals surface area (Å²) in [6, 6.07) is 7.78. The number of carbonyl (C=O) groups excluding carboxylic acids is 1. The number of aromatic nitrogens is 4. The number of benzene rings is 1. The van der Waals surface area contributed by atoms with Crippen molar-refractivity contribution in [2.75, 3.05) is 26.1 Å². The van der Waals surface area contributed by atoms with Gasteiger partial charge in [0.15, 0.2) is 11.5 Å². The average molecular weight is 428 g/mol. The molecular formula is C21H28N6O4. The standard InChI is InChI=1S/C21H28N6O4/c1-3-4-5-16(28)23-12-14-6-8-15(9-7-14)13-27-19-17(24-21(27)29)18(22)25-20(26-19)31-11-10-30-2/h6-9H,3-5,10-13H2,1-2H3,(H,23,28)(H,24,29)(H2,22,25,26). The van der Waals surface area contributed by atoms with Crippen molar-refractivity contribution in [3.63, 3.8) is 0 Å². The fraction of sp³-hybridized carbons (Fsp3) is 0.429. The van der Waals surface area contributed by atoms with E-state index in [2.05, 4.69) is 27.2 Å². The lowest BCUT2D eigenvalue weighted by atomic mass is 10.1. The van der Waals surface area contributed by atoms with Crippen LogP contribution in [0.5, 0.6) is 6.01 Å². The Labute approximate surface area is 179 Å². The van der Waals surface area contributed by atoms with Crippen LogP contribution in [0.4, 0.5) is 5.82 Å². The van der Waals surface area contributed by atoms with E-state index in [0.29, 0.717) is 37.3 Å². The summed E-state index contributed by atoms with van der Waals surface area (Å²) in [6.45, 7) is 3.48. The van der Waals surface area contributed by atoms with Crippen LogP contribution >= 0.6 is 0 Å². The summed E-state index contributed by atoms with van der Waals surface area (Å²) < 4.78 is 11.9. The summed E-state index contributed by atoms with van der Waals surface area (Å²) in [5.41, 5.74) is 8.26. The van der Waals surface area contributed by atoms with Crippen molar-refractivity contribution in [2.24, 2.45) is 0 Å². The molecule has 10 nitrogen and oxygen atoms in total. The van der Waals surface area contributed by atoms with Crippen molar-refractivity contribution >= 4 is 22.9 Å². The summed E-state index contributed by atoms with van der Waals surface area (Å²) >= 11 is 0. The van der Waals surface area contributed by atoms with Crippen molar-refractivity contribution in [2.45, 2.75) is 39.3 Å². The minimum atomic E-state index is -0.336. The smallest absolute Gasteiger partial charge is 0.328 e. The first-order valence-corrected chi connectivity index (χ1v) is 10.2. The van der Waals surface area contributed by atoms with Crippen LogP contribution in [0.1, 0.15) is 37.3 Å². The van der Waals surface area contributed by atoms with Crippen LogP contribution in [0.3, 0.4) is 0 Å². The van der Waals surface area contributed by atoms with Gasteiger partial charge in [0.2, 0.25) is 5.91 Å². The van der Waals surface area contributed by atoms with Gasteiger partial charge < -0.3 is 25.5 Å². The highest BCUT2D eigenvalue weighted by atomic mass is 16.5. The van der Waals surface area contributed by atoms with E-state index in [1.807, 2.05) is 24.3 Å². The van der Waals surface area contributed by atoms with Crippen molar-refractivity contribution in [3.8, 4) is 6.01 Å². The normalized spacial score (nSPS) is 11.0. The molecule has 1 amide bonds. The predicted octanol–water partition coefficient (Wildman–Crippen LogP) is 1.58. The van der Waals surface area contributed by atoms with Gasteiger partial charge in [0.25, 0.3) is 0 Å². The largest absolute Gasteiger partial charge is 0.461 e. The summed E-state index contributed by atoms with van der Waals surface area (Å²) in [7, 11) is 1.57. The predicted molar refractivity (Wildman–Crippen MR) is 117 cm³/mol. The van der Waals surface area contributed by atoms with Gasteiger partial charge in [-0.1, -0.05) is 37.6 Å². The van der Waals surface area contributed by atoms with Gasteiger partial charge in [0, 0.05) is 20.1 Å². The Hall–Kier alpha value is -3.40. The molecule has 2 heterocycles. The Morgan fingerprint density at radius 1 is 1.19 bits per heavy atom. The van der Waals surface area contributed by atoms with Crippen molar-refractivity contribution in [3.05, 3.63) is 45.9 Å². The monoisotopic (exact) mass is 428 g/mol. The zero-order valence-corrected chi connectivity index (χ0v) is 17.8. The van der Waals surface area contributed by atoms with Crippen molar-refractivity contribution in [1.29, 1.82) is 0 Å². The maximum atomic E-state index is 12.5. The fourth-order valence-corrected chi connectivity index (χ4v) is 3.03. The number of nitrogens with one attached hydrogen (secondary N) is 2. The second kappa shape index (κ2) is 10.6. The number of rotatable bonds is 11. The van der Waals surface area contributed by atoms with E-state index < -0.39 is 0 Å². The lowest BCUT2D eigenvalue weighted by molar-refractivity contribution is -0.121. The lowest BCUT2D eigenvalue weighted by Gasteiger charge is -2.08. The van der Waals surface area contributed by atoms with Crippen LogP contribution in [0, 0.1) is 0 Å². The molecule has 0 aliphatic heterocycles. The van der Waals surface area contributed by atoms with Gasteiger partial charge >= 0.3 is 11.7 Å². The quantitative estimate of drug-likeness (QED) is 0.394. The van der Waals surface area contributed by atoms with Gasteiger partial charge in [-0.25, -0.2) is 4.79 Å². The van der Waals surface area contributed by atoms with Crippen LogP contribution in [0.15, 0.2) is 29.1 Å². The molecule has 31 heavy (non-hydrogen) atoms. The number of carbonyl (C=O) groups is 1. The number of nitrogen functional groups attached to an aromatic ring is 1. The van der Waals surface area contributed by atoms with Gasteiger partial charge in [-0.3, -0.25) is 9.36 Å². The lowest BCUT2D eigenvalue weighted by Crippen LogP contribution is -2.22. The molecule has 0 bridgehead atoms. The summed E-state index contributed by atoms with van der Waals surface area (Å²) in [6.07, 6.45) is 2.42. The van der Waals surface area contributed by atoms with Gasteiger partial charge in [0.05, 0.1) is 13.2 Å². The second-order valence-electron chi connectivity index (χ2n) is 7.14. The van der Waals surface area contributed by atoms with E-state index in [9.17, 15) is 9.59 Å². The minimum absolute atomic E-state index is 0.0528. The fourth-order valence-electron chi connectivity index (χ4n) is 3.03. The maximum Gasteiger partial charge on any atom is 0.328 e. The number of nitrogens with zero attached hydrogens (tertiary/aromatic N) is 3. The maximum absolute atomic E-state index is 12.5. The zero-order chi connectivity index (χ0) is 22.2. The number of imidazole rings is 1. The third kappa shape index (κ3) is 5.82. The zero-order valence-electron chi connectivity index (χ0n) is 17.8. The van der Waals surface area contributed by atoms with E-state index >= 15 is 0 Å². The molecule has 2 aromatic heterocycles. The van der Waals surface area contributed by atoms with Crippen LogP contribution in [0.25, 0.3) is 11.2 Å². The molecule has 0 aliphatic carbocycles. The number of fused-ring (bicyclic) bond motifs is 1. The SMILES string of the molecule is CCCCC(=O)NCc1ccc(Cn2c(=O)[nH]c3c(N)nc(OCCOC)nc32)cc1. The summed E-state index contributed by atoms with van der Waals surface area (Å²) in [4.78, 5) is 35.3. The molecule has 1 aromatic carbocycles. The van der Waals surface area contributed by atoms with E-state index in [1.54, 1.807) is 7.11 Å². The first-order valence-electron chi connectivity index (χ1n) is 10.2. The number of hydrogen-bond acceptors (Lipinski definition) is 7. The highest BCUT2D eigenvalue weighted by molar-refractivity contribution is 5.82. The van der Waals surface area contributed by atoms with Crippen LogP contribution in [-0.4, -0.2) is 45.7 Å². The molecule has 0 aliphatic rings. The Balaban J connectivity index is 1.73. The molecule has 0 unspecified atom stereocenters. The van der Waals surface area contributed by atoms with E-state index in [4.69, 9.17) is 15.2 Å². The number of anilines is 1. The van der Waals surface area contributed by atoms with Crippen molar-refractivity contribution < 1.29 is 14.3 Å². The molecule has 10 heteroatoms. The number of nitrogens with two attached hydrogens (primary N) is 1. The highest BCUT2D eigenvalue weighted by Crippen LogP contribution is 2.18. The highest BCUT2D eigenvalue weighted by Gasteiger charge is 2.15. The summed E-state index contributed by atoms with van der Waals surface area (Å²) in [5, 5.41) is 2.91. The number of methoxy groups -OCH3 is 1. The second-order valence-corrected chi connectivity index (χ2v) is 7.14. The molecule has 3 aromatic rings. The Morgan fingerprint density at radius 3 is 2.65 bits per heavy atom. The van der Waals surface area contributed by atoms with Gasteiger partial charge in [-0.05, 0) is 17.5 Å². The molecule has 0 fully saturated rings. The molecule has 0 saturated carbocycles. The number of hydrogen-bond donors (Lipinski definition) is 3. The van der Waals surface area contributed by atoms with Gasteiger partial charge in [-0.15, -0.1) is 0 Å². The van der Waals surface area contributed by atoms with Crippen LogP contribution in [-0.2, 0) is 22.6 Å². The molecule has 0 saturated heterocycles. The van der Waals surface area contributed by atoms with Crippen LogP contribution in [0.2, 0.25) is 0 Å². The number of aromatic amines is 1. The van der Waals surface area contributed by atoms with Crippen molar-refractivity contribution in [1.82, 2.24) is 24.8 Å². The topological polar surface area (TPSA) is 137 Å². The third-order valence-electron chi connectivity index (χ3n) is 4.76. The molecule has 0 spiro atoms. The first-order chi connectivity index (χ1) is 15.0. The molecular weight excluding hydrogens is 400 g/mol. The molecule has 4 N–H and O–H groups in total. The average Bonchev–Trinajstić information content (AvgIpc) is 3.08. The Kier molecular flexibility index (Phi) is 7.60. The number of unbranched alkanes of at least 4 members (excludes halogenated alkanes) is 1. The minimum Gasteiger partial charge on any atom is -0.461 e. The molecule has 0 atom stereocenters. The van der Waals surface area contributed by atoms with Gasteiger partial charge in [0.1, 0.15) is 12.1 Å². The van der Waals surface area contributed by atoms with Gasteiger partial charge in [-0.2, -0.15) is 9.97 Å². The van der Waals surface area contributed by atoms with Crippen LogP contribution < -0.4 is 21.5 Å². The Morgan fingerprint density at radius 2 is 1.94 bits per heavy atom. The molecule has 0 radical (unpaired) electrons. The number of ether oxygens (including phenoxy) is 2. The summed E-state index contributed by atoms with van der Waals surface area (Å²) in [5.74, 6) is 0.194. The van der Waals surface area contributed by atoms with E-state index in [1.165, 1.54) is 4.57 Å². The molecule has 166 valence electrons. The molecule has 3 rings (SSSR count). The Bertz CT molecular complexity index is 1070. The first kappa shape index (κ1) is 22.3. The third-order valence-corrected chi connectivity index (χ3v) is 4.76. The van der Waals surface area contributed by atoms with E-state index in [0.717, 1.165) is 24.0 Å². The van der Waals surface area contributed by atoms with E-state index in [-0.39, 0.29) is 30.0 Å².